The van der Waals surface area contributed by atoms with Crippen LogP contribution < -0.4 is 0 Å². The molecule has 2 amide bonds. The van der Waals surface area contributed by atoms with E-state index < -0.39 is 42.1 Å². The van der Waals surface area contributed by atoms with Gasteiger partial charge in [-0.2, -0.15) is 0 Å². The molecule has 0 unspecified atom stereocenters. The van der Waals surface area contributed by atoms with Crippen LogP contribution in [-0.2, 0) is 31.9 Å². The van der Waals surface area contributed by atoms with Gasteiger partial charge < -0.3 is 19.0 Å². The minimum atomic E-state index is -1.09. The van der Waals surface area contributed by atoms with Crippen LogP contribution in [-0.4, -0.2) is 40.6 Å². The number of hydrogen-bond acceptors (Lipinski definition) is 7. The van der Waals surface area contributed by atoms with E-state index in [1.807, 2.05) is 60.7 Å². The summed E-state index contributed by atoms with van der Waals surface area (Å²) in [7, 11) is 0. The number of benzene rings is 2. The van der Waals surface area contributed by atoms with Crippen molar-refractivity contribution < 1.29 is 33.4 Å². The monoisotopic (exact) mass is 597 g/mol. The average Bonchev–Trinajstić information content (AvgIpc) is 3.44. The van der Waals surface area contributed by atoms with Crippen LogP contribution in [0.1, 0.15) is 61.5 Å². The summed E-state index contributed by atoms with van der Waals surface area (Å²) in [6.45, 7) is 3.11. The number of esters is 1. The van der Waals surface area contributed by atoms with Crippen molar-refractivity contribution in [3.05, 3.63) is 93.9 Å². The number of ether oxygens (including phenoxy) is 2. The van der Waals surface area contributed by atoms with Gasteiger partial charge >= 0.3 is 12.1 Å². The third kappa shape index (κ3) is 6.78. The molecular weight excluding hydrogens is 566 g/mol. The highest BCUT2D eigenvalue weighted by atomic mass is 79.9. The van der Waals surface area contributed by atoms with E-state index in [0.29, 0.717) is 35.3 Å². The maximum atomic E-state index is 14.2. The number of cyclic esters (lactones) is 1. The Bertz CT molecular complexity index is 1280. The molecule has 9 heteroatoms. The van der Waals surface area contributed by atoms with Gasteiger partial charge in [-0.1, -0.05) is 60.7 Å². The molecule has 39 heavy (non-hydrogen) atoms. The number of unbranched alkanes of at least 4 members (excludes halogenated alkanes) is 1. The van der Waals surface area contributed by atoms with E-state index in [0.717, 1.165) is 16.0 Å². The highest BCUT2D eigenvalue weighted by Crippen LogP contribution is 2.39. The van der Waals surface area contributed by atoms with Crippen molar-refractivity contribution in [2.45, 2.75) is 57.8 Å². The first kappa shape index (κ1) is 28.6. The zero-order valence-corrected chi connectivity index (χ0v) is 23.5. The molecule has 1 aromatic heterocycles. The quantitative estimate of drug-likeness (QED) is 0.216. The van der Waals surface area contributed by atoms with Crippen molar-refractivity contribution in [1.29, 1.82) is 0 Å². The van der Waals surface area contributed by atoms with Crippen LogP contribution in [0, 0.1) is 5.92 Å². The lowest BCUT2D eigenvalue weighted by Gasteiger charge is -2.29. The van der Waals surface area contributed by atoms with Crippen LogP contribution in [0.4, 0.5) is 4.79 Å². The molecule has 1 aliphatic rings. The summed E-state index contributed by atoms with van der Waals surface area (Å²) in [5, 5.41) is 9.14. The smallest absolute Gasteiger partial charge is 0.417 e. The van der Waals surface area contributed by atoms with Gasteiger partial charge in [-0.15, -0.1) is 0 Å². The van der Waals surface area contributed by atoms with Gasteiger partial charge in [-0.05, 0) is 59.3 Å². The number of aliphatic hydroxyl groups excluding tert-OH is 1. The van der Waals surface area contributed by atoms with Crippen LogP contribution >= 0.6 is 15.9 Å². The molecular formula is C30H32BrNO7. The zero-order valence-electron chi connectivity index (χ0n) is 21.9. The summed E-state index contributed by atoms with van der Waals surface area (Å²) in [5.41, 5.74) is 1.62. The van der Waals surface area contributed by atoms with Crippen molar-refractivity contribution in [1.82, 2.24) is 4.90 Å². The molecule has 0 aliphatic carbocycles. The van der Waals surface area contributed by atoms with E-state index in [2.05, 4.69) is 15.9 Å². The normalized spacial score (nSPS) is 18.5. The van der Waals surface area contributed by atoms with Crippen molar-refractivity contribution in [2.24, 2.45) is 5.92 Å². The highest BCUT2D eigenvalue weighted by Gasteiger charge is 2.48. The van der Waals surface area contributed by atoms with Crippen LogP contribution in [0.5, 0.6) is 0 Å². The molecule has 2 heterocycles. The first-order valence-corrected chi connectivity index (χ1v) is 13.8. The topological polar surface area (TPSA) is 106 Å². The van der Waals surface area contributed by atoms with Gasteiger partial charge in [-0.25, -0.2) is 9.69 Å². The van der Waals surface area contributed by atoms with Crippen LogP contribution in [0.2, 0.25) is 0 Å². The predicted molar refractivity (Wildman–Crippen MR) is 147 cm³/mol. The van der Waals surface area contributed by atoms with Crippen molar-refractivity contribution >= 4 is 33.9 Å². The number of aliphatic hydroxyl groups is 1. The lowest BCUT2D eigenvalue weighted by atomic mass is 9.90. The summed E-state index contributed by atoms with van der Waals surface area (Å²) in [5.74, 6) is -1.15. The largest absolute Gasteiger partial charge is 0.461 e. The molecule has 0 saturated carbocycles. The van der Waals surface area contributed by atoms with Crippen molar-refractivity contribution in [3.63, 3.8) is 0 Å². The number of imide groups is 1. The van der Waals surface area contributed by atoms with Gasteiger partial charge in [0, 0.05) is 20.0 Å². The zero-order chi connectivity index (χ0) is 27.9. The Hall–Kier alpha value is -3.43. The molecule has 1 N–H and O–H groups in total. The Balaban J connectivity index is 1.71. The summed E-state index contributed by atoms with van der Waals surface area (Å²) < 4.78 is 18.2. The fourth-order valence-corrected chi connectivity index (χ4v) is 5.37. The predicted octanol–water partition coefficient (Wildman–Crippen LogP) is 5.93. The van der Waals surface area contributed by atoms with E-state index in [9.17, 15) is 14.4 Å². The lowest BCUT2D eigenvalue weighted by Crippen LogP contribution is -2.44. The Kier molecular flexibility index (Phi) is 9.59. The summed E-state index contributed by atoms with van der Waals surface area (Å²) >= 11 is 3.51. The van der Waals surface area contributed by atoms with E-state index in [1.54, 1.807) is 13.0 Å². The number of furan rings is 1. The molecule has 0 spiro atoms. The molecule has 206 valence electrons. The minimum absolute atomic E-state index is 0.0724. The molecule has 0 radical (unpaired) electrons. The van der Waals surface area contributed by atoms with Crippen LogP contribution in [0.15, 0.2) is 75.6 Å². The molecule has 1 saturated heterocycles. The van der Waals surface area contributed by atoms with Gasteiger partial charge in [0.25, 0.3) is 0 Å². The molecule has 4 atom stereocenters. The Morgan fingerprint density at radius 3 is 2.38 bits per heavy atom. The van der Waals surface area contributed by atoms with E-state index in [4.69, 9.17) is 19.0 Å². The average molecular weight is 598 g/mol. The molecule has 0 bridgehead atoms. The Morgan fingerprint density at radius 2 is 1.74 bits per heavy atom. The third-order valence-electron chi connectivity index (χ3n) is 6.78. The Morgan fingerprint density at radius 1 is 1.08 bits per heavy atom. The highest BCUT2D eigenvalue weighted by molar-refractivity contribution is 9.10. The lowest BCUT2D eigenvalue weighted by molar-refractivity contribution is -0.155. The fraction of sp³-hybridized carbons (Fsp3) is 0.367. The van der Waals surface area contributed by atoms with Crippen molar-refractivity contribution in [2.75, 3.05) is 6.61 Å². The summed E-state index contributed by atoms with van der Waals surface area (Å²) in [6, 6.07) is 19.7. The second-order valence-electron chi connectivity index (χ2n) is 9.59. The standard InChI is InChI=1S/C30H32BrNO7/c1-19-27(22-13-7-4-8-14-22)39-30(36)32(19)29(35)23(17-21-11-5-3-6-12-21)28(37-20(2)34)26-18-24(31)25(38-26)15-9-10-16-33/h3-8,11-14,18-19,23,27-28,33H,9-10,15-17H2,1-2H3/t19-,23-,27-,28-/m0/s1. The third-order valence-corrected chi connectivity index (χ3v) is 7.45. The number of carbonyl (C=O) groups excluding carboxylic acids is 3. The van der Waals surface area contributed by atoms with Gasteiger partial charge in [0.1, 0.15) is 17.6 Å². The first-order valence-electron chi connectivity index (χ1n) is 13.0. The van der Waals surface area contributed by atoms with Crippen LogP contribution in [0.3, 0.4) is 0 Å². The number of halogens is 1. The van der Waals surface area contributed by atoms with Gasteiger partial charge in [0.2, 0.25) is 5.91 Å². The second kappa shape index (κ2) is 13.1. The first-order chi connectivity index (χ1) is 18.8. The number of rotatable bonds is 11. The number of carbonyl (C=O) groups is 3. The number of hydrogen-bond donors (Lipinski definition) is 1. The van der Waals surface area contributed by atoms with E-state index in [-0.39, 0.29) is 13.0 Å². The number of nitrogens with zero attached hydrogens (tertiary/aromatic N) is 1. The minimum Gasteiger partial charge on any atom is -0.461 e. The van der Waals surface area contributed by atoms with E-state index >= 15 is 0 Å². The molecule has 1 aliphatic heterocycles. The molecule has 8 nitrogen and oxygen atoms in total. The number of aryl methyl sites for hydroxylation is 1. The summed E-state index contributed by atoms with van der Waals surface area (Å²) in [6.07, 6.45) is -0.391. The maximum Gasteiger partial charge on any atom is 0.417 e. The summed E-state index contributed by atoms with van der Waals surface area (Å²) in [4.78, 5) is 40.7. The molecule has 2 aromatic carbocycles. The maximum absolute atomic E-state index is 14.2. The number of amides is 2. The fourth-order valence-electron chi connectivity index (χ4n) is 4.87. The SMILES string of the molecule is CC(=O)O[C@H](c1cc(Br)c(CCCCO)o1)[C@H](Cc1ccccc1)C(=O)N1C(=O)O[C@H](c2ccccc2)[C@@H]1C. The molecule has 1 fully saturated rings. The molecule has 4 rings (SSSR count). The van der Waals surface area contributed by atoms with Gasteiger partial charge in [-0.3, -0.25) is 9.59 Å². The van der Waals surface area contributed by atoms with Crippen molar-refractivity contribution in [3.8, 4) is 0 Å². The van der Waals surface area contributed by atoms with E-state index in [1.165, 1.54) is 6.92 Å². The Labute approximate surface area is 236 Å². The van der Waals surface area contributed by atoms with Gasteiger partial charge in [0.15, 0.2) is 6.10 Å². The second-order valence-corrected chi connectivity index (χ2v) is 10.4. The van der Waals surface area contributed by atoms with Gasteiger partial charge in [0.05, 0.1) is 16.4 Å². The molecule has 3 aromatic rings. The van der Waals surface area contributed by atoms with Crippen LogP contribution in [0.25, 0.3) is 0 Å².